The first kappa shape index (κ1) is 21.8. The third-order valence-electron chi connectivity index (χ3n) is 5.25. The molecular formula is C23H30ClN3O2. The highest BCUT2D eigenvalue weighted by molar-refractivity contribution is 6.33. The molecule has 1 amide bonds. The fourth-order valence-corrected chi connectivity index (χ4v) is 3.75. The molecule has 1 N–H and O–H groups in total. The minimum atomic E-state index is -0.0188. The summed E-state index contributed by atoms with van der Waals surface area (Å²) in [6.07, 6.45) is 0.422. The van der Waals surface area contributed by atoms with E-state index in [1.54, 1.807) is 6.07 Å². The number of morpholine rings is 1. The van der Waals surface area contributed by atoms with Crippen LogP contribution in [0, 0.1) is 0 Å². The topological polar surface area (TPSA) is 44.8 Å². The highest BCUT2D eigenvalue weighted by atomic mass is 35.5. The molecule has 1 aliphatic rings. The van der Waals surface area contributed by atoms with Crippen molar-refractivity contribution in [3.05, 3.63) is 65.2 Å². The molecule has 3 rings (SSSR count). The van der Waals surface area contributed by atoms with Gasteiger partial charge in [0.25, 0.3) is 0 Å². The van der Waals surface area contributed by atoms with Crippen molar-refractivity contribution < 1.29 is 9.53 Å². The Kier molecular flexibility index (Phi) is 8.50. The minimum Gasteiger partial charge on any atom is -0.379 e. The van der Waals surface area contributed by atoms with Crippen LogP contribution in [-0.2, 0) is 16.1 Å². The third-order valence-corrected chi connectivity index (χ3v) is 5.58. The molecule has 5 nitrogen and oxygen atoms in total. The van der Waals surface area contributed by atoms with E-state index in [4.69, 9.17) is 16.3 Å². The van der Waals surface area contributed by atoms with Gasteiger partial charge in [0.15, 0.2) is 0 Å². The van der Waals surface area contributed by atoms with Gasteiger partial charge in [-0.25, -0.2) is 0 Å². The van der Waals surface area contributed by atoms with E-state index in [1.807, 2.05) is 24.3 Å². The highest BCUT2D eigenvalue weighted by Gasteiger charge is 2.20. The van der Waals surface area contributed by atoms with Crippen LogP contribution in [0.2, 0.25) is 5.02 Å². The second-order valence-electron chi connectivity index (χ2n) is 7.50. The van der Waals surface area contributed by atoms with Gasteiger partial charge in [0.2, 0.25) is 5.91 Å². The second kappa shape index (κ2) is 11.3. The molecule has 1 heterocycles. The van der Waals surface area contributed by atoms with E-state index >= 15 is 0 Å². The molecule has 2 aromatic rings. The van der Waals surface area contributed by atoms with Crippen molar-refractivity contribution in [2.75, 3.05) is 44.7 Å². The fraction of sp³-hybridized carbons (Fsp3) is 0.435. The molecule has 0 saturated carbocycles. The summed E-state index contributed by atoms with van der Waals surface area (Å²) in [5.41, 5.74) is 1.92. The van der Waals surface area contributed by atoms with Gasteiger partial charge in [-0.05, 0) is 24.6 Å². The van der Waals surface area contributed by atoms with Crippen molar-refractivity contribution in [1.29, 1.82) is 0 Å². The number of hydrogen-bond acceptors (Lipinski definition) is 4. The van der Waals surface area contributed by atoms with E-state index in [0.29, 0.717) is 29.7 Å². The number of nitrogens with zero attached hydrogens (tertiary/aromatic N) is 2. The number of para-hydroxylation sites is 1. The van der Waals surface area contributed by atoms with Gasteiger partial charge >= 0.3 is 0 Å². The highest BCUT2D eigenvalue weighted by Crippen LogP contribution is 2.20. The summed E-state index contributed by atoms with van der Waals surface area (Å²) in [6.45, 7) is 8.26. The maximum absolute atomic E-state index is 12.5. The Morgan fingerprint density at radius 2 is 1.83 bits per heavy atom. The Morgan fingerprint density at radius 3 is 2.55 bits per heavy atom. The molecule has 29 heavy (non-hydrogen) atoms. The molecular weight excluding hydrogens is 386 g/mol. The number of benzene rings is 2. The molecule has 6 heteroatoms. The summed E-state index contributed by atoms with van der Waals surface area (Å²) in [7, 11) is 0. The molecule has 0 aliphatic carbocycles. The molecule has 0 radical (unpaired) electrons. The summed E-state index contributed by atoms with van der Waals surface area (Å²) in [6, 6.07) is 18.1. The zero-order valence-electron chi connectivity index (χ0n) is 17.0. The number of amides is 1. The SMILES string of the molecule is CC(CN1CCOCC1)N(CCC(=O)Nc1ccccc1Cl)Cc1ccccc1. The molecule has 1 aliphatic heterocycles. The van der Waals surface area contributed by atoms with Crippen molar-refractivity contribution in [2.45, 2.75) is 25.9 Å². The first-order valence-corrected chi connectivity index (χ1v) is 10.6. The zero-order valence-corrected chi connectivity index (χ0v) is 17.8. The Hall–Kier alpha value is -1.92. The summed E-state index contributed by atoms with van der Waals surface area (Å²) >= 11 is 6.16. The van der Waals surface area contributed by atoms with Crippen LogP contribution >= 0.6 is 11.6 Å². The van der Waals surface area contributed by atoms with Crippen molar-refractivity contribution in [1.82, 2.24) is 9.80 Å². The van der Waals surface area contributed by atoms with Gasteiger partial charge in [0.05, 0.1) is 23.9 Å². The molecule has 2 aromatic carbocycles. The van der Waals surface area contributed by atoms with Crippen molar-refractivity contribution >= 4 is 23.2 Å². The van der Waals surface area contributed by atoms with Crippen LogP contribution in [0.5, 0.6) is 0 Å². The van der Waals surface area contributed by atoms with E-state index in [9.17, 15) is 4.79 Å². The summed E-state index contributed by atoms with van der Waals surface area (Å²) in [5, 5.41) is 3.48. The van der Waals surface area contributed by atoms with Crippen molar-refractivity contribution in [3.63, 3.8) is 0 Å². The Labute approximate surface area is 178 Å². The van der Waals surface area contributed by atoms with Gasteiger partial charge in [0, 0.05) is 45.2 Å². The van der Waals surface area contributed by atoms with Crippen LogP contribution in [0.4, 0.5) is 5.69 Å². The average molecular weight is 416 g/mol. The van der Waals surface area contributed by atoms with Crippen molar-refractivity contribution in [3.8, 4) is 0 Å². The Morgan fingerprint density at radius 1 is 1.14 bits per heavy atom. The largest absolute Gasteiger partial charge is 0.379 e. The average Bonchev–Trinajstić information content (AvgIpc) is 2.74. The molecule has 1 atom stereocenters. The van der Waals surface area contributed by atoms with Gasteiger partial charge in [-0.1, -0.05) is 54.1 Å². The first-order valence-electron chi connectivity index (χ1n) is 10.2. The lowest BCUT2D eigenvalue weighted by Gasteiger charge is -2.35. The van der Waals surface area contributed by atoms with Gasteiger partial charge in [-0.15, -0.1) is 0 Å². The van der Waals surface area contributed by atoms with E-state index in [-0.39, 0.29) is 5.91 Å². The van der Waals surface area contributed by atoms with Crippen LogP contribution in [0.25, 0.3) is 0 Å². The summed E-state index contributed by atoms with van der Waals surface area (Å²) in [5.74, 6) is -0.0188. The summed E-state index contributed by atoms with van der Waals surface area (Å²) < 4.78 is 5.46. The van der Waals surface area contributed by atoms with E-state index < -0.39 is 0 Å². The van der Waals surface area contributed by atoms with Gasteiger partial charge in [0.1, 0.15) is 0 Å². The second-order valence-corrected chi connectivity index (χ2v) is 7.90. The standard InChI is InChI=1S/C23H30ClN3O2/c1-19(17-26-13-15-29-16-14-26)27(18-20-7-3-2-4-8-20)12-11-23(28)25-22-10-6-5-9-21(22)24/h2-10,19H,11-18H2,1H3,(H,25,28). The predicted octanol–water partition coefficient (Wildman–Crippen LogP) is 3.89. The van der Waals surface area contributed by atoms with Crippen LogP contribution < -0.4 is 5.32 Å². The molecule has 0 spiro atoms. The monoisotopic (exact) mass is 415 g/mol. The molecule has 1 saturated heterocycles. The summed E-state index contributed by atoms with van der Waals surface area (Å²) in [4.78, 5) is 17.3. The maximum Gasteiger partial charge on any atom is 0.225 e. The van der Waals surface area contributed by atoms with Gasteiger partial charge in [-0.3, -0.25) is 14.6 Å². The number of halogens is 1. The van der Waals surface area contributed by atoms with Crippen LogP contribution in [-0.4, -0.2) is 61.1 Å². The number of nitrogens with one attached hydrogen (secondary N) is 1. The van der Waals surface area contributed by atoms with E-state index in [1.165, 1.54) is 5.56 Å². The van der Waals surface area contributed by atoms with Crippen LogP contribution in [0.15, 0.2) is 54.6 Å². The number of carbonyl (C=O) groups excluding carboxylic acids is 1. The van der Waals surface area contributed by atoms with Crippen LogP contribution in [0.3, 0.4) is 0 Å². The molecule has 1 unspecified atom stereocenters. The molecule has 0 aromatic heterocycles. The lowest BCUT2D eigenvalue weighted by atomic mass is 10.1. The number of hydrogen-bond donors (Lipinski definition) is 1. The third kappa shape index (κ3) is 7.12. The first-order chi connectivity index (χ1) is 14.1. The van der Waals surface area contributed by atoms with Gasteiger partial charge < -0.3 is 10.1 Å². The number of anilines is 1. The lowest BCUT2D eigenvalue weighted by molar-refractivity contribution is -0.116. The number of ether oxygens (including phenoxy) is 1. The van der Waals surface area contributed by atoms with Gasteiger partial charge in [-0.2, -0.15) is 0 Å². The fourth-order valence-electron chi connectivity index (χ4n) is 3.57. The van der Waals surface area contributed by atoms with E-state index in [2.05, 4.69) is 46.3 Å². The molecule has 0 bridgehead atoms. The smallest absolute Gasteiger partial charge is 0.225 e. The predicted molar refractivity (Wildman–Crippen MR) is 118 cm³/mol. The quantitative estimate of drug-likeness (QED) is 0.674. The Bertz CT molecular complexity index is 766. The lowest BCUT2D eigenvalue weighted by Crippen LogP contribution is -2.46. The zero-order chi connectivity index (χ0) is 20.5. The Balaban J connectivity index is 1.59. The molecule has 1 fully saturated rings. The van der Waals surface area contributed by atoms with E-state index in [0.717, 1.165) is 39.4 Å². The number of carbonyl (C=O) groups is 1. The normalized spacial score (nSPS) is 16.0. The number of rotatable bonds is 9. The van der Waals surface area contributed by atoms with Crippen LogP contribution in [0.1, 0.15) is 18.9 Å². The maximum atomic E-state index is 12.5. The minimum absolute atomic E-state index is 0.0188. The molecule has 156 valence electrons. The van der Waals surface area contributed by atoms with Crippen molar-refractivity contribution in [2.24, 2.45) is 0 Å².